The van der Waals surface area contributed by atoms with Gasteiger partial charge in [0.25, 0.3) is 0 Å². The molecule has 15 heavy (non-hydrogen) atoms. The zero-order valence-electron chi connectivity index (χ0n) is 10.8. The van der Waals surface area contributed by atoms with E-state index in [1.54, 1.807) is 0 Å². The number of nitrogens with zero attached hydrogens (tertiary/aromatic N) is 1. The summed E-state index contributed by atoms with van der Waals surface area (Å²) in [5.74, 6) is 0. The van der Waals surface area contributed by atoms with Crippen LogP contribution in [0.2, 0.25) is 0 Å². The molecule has 1 heterocycles. The summed E-state index contributed by atoms with van der Waals surface area (Å²) >= 11 is 0. The Morgan fingerprint density at radius 2 is 2.00 bits per heavy atom. The zero-order chi connectivity index (χ0) is 11.1. The van der Waals surface area contributed by atoms with Crippen molar-refractivity contribution in [2.45, 2.75) is 65.0 Å². The van der Waals surface area contributed by atoms with E-state index in [2.05, 4.69) is 31.0 Å². The van der Waals surface area contributed by atoms with Crippen molar-refractivity contribution in [2.75, 3.05) is 19.6 Å². The second-order valence-corrected chi connectivity index (χ2v) is 4.76. The lowest BCUT2D eigenvalue weighted by molar-refractivity contribution is 0.130. The average Bonchev–Trinajstić information content (AvgIpc) is 2.29. The van der Waals surface area contributed by atoms with Gasteiger partial charge >= 0.3 is 0 Å². The van der Waals surface area contributed by atoms with E-state index in [0.29, 0.717) is 0 Å². The summed E-state index contributed by atoms with van der Waals surface area (Å²) in [4.78, 5) is 2.69. The molecule has 1 rings (SSSR count). The highest BCUT2D eigenvalue weighted by molar-refractivity contribution is 4.81. The van der Waals surface area contributed by atoms with Gasteiger partial charge in [-0.3, -0.25) is 4.90 Å². The monoisotopic (exact) mass is 212 g/mol. The van der Waals surface area contributed by atoms with Crippen LogP contribution < -0.4 is 5.32 Å². The molecule has 90 valence electrons. The molecule has 0 aromatic rings. The van der Waals surface area contributed by atoms with Crippen LogP contribution in [0, 0.1) is 0 Å². The lowest BCUT2D eigenvalue weighted by Gasteiger charge is -2.38. The first-order valence-electron chi connectivity index (χ1n) is 6.79. The van der Waals surface area contributed by atoms with E-state index in [9.17, 15) is 0 Å². The molecule has 1 saturated heterocycles. The highest BCUT2D eigenvalue weighted by atomic mass is 15.2. The Balaban J connectivity index is 2.33. The van der Waals surface area contributed by atoms with Gasteiger partial charge in [0.15, 0.2) is 0 Å². The Labute approximate surface area is 95.4 Å². The second-order valence-electron chi connectivity index (χ2n) is 4.76. The van der Waals surface area contributed by atoms with Gasteiger partial charge in [-0.1, -0.05) is 20.8 Å². The van der Waals surface area contributed by atoms with E-state index in [4.69, 9.17) is 0 Å². The molecular formula is C13H28N2. The molecule has 1 atom stereocenters. The van der Waals surface area contributed by atoms with E-state index in [-0.39, 0.29) is 0 Å². The molecule has 0 bridgehead atoms. The van der Waals surface area contributed by atoms with Crippen LogP contribution >= 0.6 is 0 Å². The van der Waals surface area contributed by atoms with Crippen molar-refractivity contribution in [2.24, 2.45) is 0 Å². The molecule has 1 N–H and O–H groups in total. The first kappa shape index (κ1) is 13.0. The maximum absolute atomic E-state index is 3.66. The summed E-state index contributed by atoms with van der Waals surface area (Å²) in [7, 11) is 0. The Hall–Kier alpha value is -0.0800. The number of hydrogen-bond donors (Lipinski definition) is 1. The SMILES string of the molecule is CCCNC1CCCN(C(CC)CC)C1. The van der Waals surface area contributed by atoms with E-state index >= 15 is 0 Å². The van der Waals surface area contributed by atoms with E-state index < -0.39 is 0 Å². The molecule has 0 amide bonds. The Bertz CT molecular complexity index is 155. The van der Waals surface area contributed by atoms with Gasteiger partial charge in [0.2, 0.25) is 0 Å². The van der Waals surface area contributed by atoms with E-state index in [1.165, 1.54) is 51.7 Å². The normalized spacial score (nSPS) is 23.6. The highest BCUT2D eigenvalue weighted by Gasteiger charge is 2.23. The van der Waals surface area contributed by atoms with Gasteiger partial charge in [-0.05, 0) is 45.2 Å². The molecule has 2 heteroatoms. The summed E-state index contributed by atoms with van der Waals surface area (Å²) in [6, 6.07) is 1.57. The molecule has 0 saturated carbocycles. The van der Waals surface area contributed by atoms with Crippen molar-refractivity contribution < 1.29 is 0 Å². The number of hydrogen-bond acceptors (Lipinski definition) is 2. The second kappa shape index (κ2) is 7.24. The Morgan fingerprint density at radius 1 is 1.27 bits per heavy atom. The summed E-state index contributed by atoms with van der Waals surface area (Å²) in [6.45, 7) is 10.6. The predicted octanol–water partition coefficient (Wildman–Crippen LogP) is 2.64. The van der Waals surface area contributed by atoms with Gasteiger partial charge in [-0.25, -0.2) is 0 Å². The smallest absolute Gasteiger partial charge is 0.0195 e. The van der Waals surface area contributed by atoms with Gasteiger partial charge in [-0.15, -0.1) is 0 Å². The molecule has 0 spiro atoms. The summed E-state index contributed by atoms with van der Waals surface area (Å²) < 4.78 is 0. The first-order chi connectivity index (χ1) is 7.31. The maximum Gasteiger partial charge on any atom is 0.0195 e. The van der Waals surface area contributed by atoms with Crippen molar-refractivity contribution in [1.82, 2.24) is 10.2 Å². The number of piperidine rings is 1. The topological polar surface area (TPSA) is 15.3 Å². The van der Waals surface area contributed by atoms with Crippen LogP contribution in [0.15, 0.2) is 0 Å². The third-order valence-electron chi connectivity index (χ3n) is 3.59. The fourth-order valence-electron chi connectivity index (χ4n) is 2.66. The van der Waals surface area contributed by atoms with E-state index in [1.807, 2.05) is 0 Å². The third-order valence-corrected chi connectivity index (χ3v) is 3.59. The maximum atomic E-state index is 3.66. The molecule has 0 radical (unpaired) electrons. The fraction of sp³-hybridized carbons (Fsp3) is 1.00. The molecule has 0 aromatic heterocycles. The summed E-state index contributed by atoms with van der Waals surface area (Å²) in [5, 5.41) is 3.66. The van der Waals surface area contributed by atoms with Gasteiger partial charge in [-0.2, -0.15) is 0 Å². The summed E-state index contributed by atoms with van der Waals surface area (Å²) in [5.41, 5.74) is 0. The van der Waals surface area contributed by atoms with Gasteiger partial charge in [0.1, 0.15) is 0 Å². The van der Waals surface area contributed by atoms with Crippen LogP contribution in [0.4, 0.5) is 0 Å². The molecule has 0 aromatic carbocycles. The Kier molecular flexibility index (Phi) is 6.26. The molecule has 0 aliphatic carbocycles. The van der Waals surface area contributed by atoms with Crippen LogP contribution in [0.3, 0.4) is 0 Å². The lowest BCUT2D eigenvalue weighted by Crippen LogP contribution is -2.49. The minimum Gasteiger partial charge on any atom is -0.313 e. The molecule has 1 unspecified atom stereocenters. The van der Waals surface area contributed by atoms with Gasteiger partial charge in [0, 0.05) is 18.6 Å². The van der Waals surface area contributed by atoms with Crippen molar-refractivity contribution in [1.29, 1.82) is 0 Å². The quantitative estimate of drug-likeness (QED) is 0.728. The van der Waals surface area contributed by atoms with Crippen LogP contribution in [-0.4, -0.2) is 36.6 Å². The van der Waals surface area contributed by atoms with Gasteiger partial charge < -0.3 is 5.32 Å². The number of nitrogens with one attached hydrogen (secondary N) is 1. The molecule has 1 fully saturated rings. The van der Waals surface area contributed by atoms with E-state index in [0.717, 1.165) is 12.1 Å². The van der Waals surface area contributed by atoms with Crippen molar-refractivity contribution in [3.63, 3.8) is 0 Å². The minimum atomic E-state index is 0.749. The highest BCUT2D eigenvalue weighted by Crippen LogP contribution is 2.16. The van der Waals surface area contributed by atoms with Crippen LogP contribution in [-0.2, 0) is 0 Å². The zero-order valence-corrected chi connectivity index (χ0v) is 10.8. The number of rotatable bonds is 6. The largest absolute Gasteiger partial charge is 0.313 e. The fourth-order valence-corrected chi connectivity index (χ4v) is 2.66. The minimum absolute atomic E-state index is 0.749. The first-order valence-corrected chi connectivity index (χ1v) is 6.79. The van der Waals surface area contributed by atoms with Crippen molar-refractivity contribution in [3.05, 3.63) is 0 Å². The lowest BCUT2D eigenvalue weighted by atomic mass is 10.0. The van der Waals surface area contributed by atoms with Gasteiger partial charge in [0.05, 0.1) is 0 Å². The third kappa shape index (κ3) is 4.12. The van der Waals surface area contributed by atoms with Crippen LogP contribution in [0.1, 0.15) is 52.9 Å². The predicted molar refractivity (Wildman–Crippen MR) is 67.3 cm³/mol. The molecule has 1 aliphatic rings. The number of likely N-dealkylation sites (tertiary alicyclic amines) is 1. The van der Waals surface area contributed by atoms with Crippen LogP contribution in [0.5, 0.6) is 0 Å². The standard InChI is InChI=1S/C13H28N2/c1-4-9-14-12-8-7-10-15(11-12)13(5-2)6-3/h12-14H,4-11H2,1-3H3. The van der Waals surface area contributed by atoms with Crippen molar-refractivity contribution in [3.8, 4) is 0 Å². The van der Waals surface area contributed by atoms with Crippen molar-refractivity contribution >= 4 is 0 Å². The Morgan fingerprint density at radius 3 is 2.60 bits per heavy atom. The molecule has 1 aliphatic heterocycles. The summed E-state index contributed by atoms with van der Waals surface area (Å²) in [6.07, 6.45) is 6.60. The van der Waals surface area contributed by atoms with Crippen LogP contribution in [0.25, 0.3) is 0 Å². The molecule has 2 nitrogen and oxygen atoms in total. The average molecular weight is 212 g/mol. The molecular weight excluding hydrogens is 184 g/mol.